The largest absolute Gasteiger partial charge is 0.443 e. The van der Waals surface area contributed by atoms with Crippen LogP contribution in [0.4, 0.5) is 10.6 Å². The Morgan fingerprint density at radius 2 is 1.82 bits per heavy atom. The van der Waals surface area contributed by atoms with Gasteiger partial charge in [-0.2, -0.15) is 15.1 Å². The van der Waals surface area contributed by atoms with Crippen molar-refractivity contribution in [1.29, 1.82) is 0 Å². The Labute approximate surface area is 298 Å². The third kappa shape index (κ3) is 7.91. The summed E-state index contributed by atoms with van der Waals surface area (Å²) in [7, 11) is -2.40. The fourth-order valence-electron chi connectivity index (χ4n) is 6.86. The summed E-state index contributed by atoms with van der Waals surface area (Å²) in [6.07, 6.45) is 3.46. The van der Waals surface area contributed by atoms with Crippen LogP contribution in [0.25, 0.3) is 11.0 Å². The molecule has 2 aliphatic heterocycles. The van der Waals surface area contributed by atoms with Crippen LogP contribution < -0.4 is 4.90 Å². The molecule has 280 valence electrons. The number of amides is 1. The van der Waals surface area contributed by atoms with E-state index >= 15 is 0 Å². The number of hydrogen-bond donors (Lipinski definition) is 0. The molecule has 0 radical (unpaired) electrons. The highest BCUT2D eigenvalue weighted by Gasteiger charge is 2.59. The number of carbonyl (C=O) groups excluding carboxylic acids is 1. The number of carbonyl (C=O) groups is 1. The van der Waals surface area contributed by atoms with Crippen LogP contribution in [-0.2, 0) is 42.0 Å². The van der Waals surface area contributed by atoms with E-state index in [1.54, 1.807) is 35.7 Å². The van der Waals surface area contributed by atoms with Gasteiger partial charge >= 0.3 is 13.7 Å². The maximum atomic E-state index is 14.2. The van der Waals surface area contributed by atoms with Crippen LogP contribution in [0.3, 0.4) is 0 Å². The van der Waals surface area contributed by atoms with Crippen molar-refractivity contribution in [3.8, 4) is 0 Å². The average Bonchev–Trinajstić information content (AvgIpc) is 3.80. The monoisotopic (exact) mass is 743 g/mol. The molecule has 4 heterocycles. The zero-order valence-corrected chi connectivity index (χ0v) is 31.9. The van der Waals surface area contributed by atoms with E-state index in [1.165, 1.54) is 7.11 Å². The predicted molar refractivity (Wildman–Crippen MR) is 185 cm³/mol. The molecule has 1 saturated carbocycles. The molecular weight excluding hydrogens is 693 g/mol. The van der Waals surface area contributed by atoms with Crippen LogP contribution in [0.1, 0.15) is 86.8 Å². The average molecular weight is 744 g/mol. The lowest BCUT2D eigenvalue weighted by Gasteiger charge is -2.38. The SMILES string of the molecule is C=CCC(COC)(OC[C@H]1O[C@@H](n2ncc3c(N(C(=O)OC(C)(C)C)C4CCCC4)nc(Cl)nc32)[C@@H]2OC(C)(C)O[C@@H]21)P(=O)(OCC)OCC. The molecule has 1 aliphatic carbocycles. The first kappa shape index (κ1) is 39.0. The second kappa shape index (κ2) is 15.4. The van der Waals surface area contributed by atoms with Crippen LogP contribution in [-0.4, -0.2) is 100 Å². The van der Waals surface area contributed by atoms with Gasteiger partial charge in [0.25, 0.3) is 0 Å². The number of aromatic nitrogens is 4. The topological polar surface area (TPSA) is 155 Å². The molecule has 0 N–H and O–H groups in total. The zero-order chi connectivity index (χ0) is 36.5. The van der Waals surface area contributed by atoms with E-state index in [9.17, 15) is 9.36 Å². The van der Waals surface area contributed by atoms with E-state index in [0.29, 0.717) is 16.9 Å². The second-order valence-electron chi connectivity index (χ2n) is 14.1. The summed E-state index contributed by atoms with van der Waals surface area (Å²) in [6, 6.07) is -0.129. The standard InChI is InChI=1S/C33H51ClN5O10P/c1-10-17-33(20-42-9,50(41,44-11-2)45-12-3)43-19-23-24-25(48-32(7,8)47-24)28(46-23)39-27-22(18-35-39)26(36-29(34)37-27)38(21-15-13-14-16-21)30(40)49-31(4,5)6/h10,18,21,23-25,28H,1,11-17,19-20H2,2-9H3/t23-,24-,25-,28-,33?/m1/s1. The first-order valence-corrected chi connectivity index (χ1v) is 19.1. The summed E-state index contributed by atoms with van der Waals surface area (Å²) in [4.78, 5) is 24.3. The number of fused-ring (bicyclic) bond motifs is 2. The minimum Gasteiger partial charge on any atom is -0.443 e. The van der Waals surface area contributed by atoms with E-state index in [0.717, 1.165) is 25.7 Å². The molecule has 3 aliphatic rings. The molecule has 0 aromatic carbocycles. The van der Waals surface area contributed by atoms with Crippen molar-refractivity contribution in [2.24, 2.45) is 0 Å². The lowest BCUT2D eigenvalue weighted by atomic mass is 10.1. The molecule has 2 aromatic rings. The summed E-state index contributed by atoms with van der Waals surface area (Å²) in [5.41, 5.74) is -0.390. The van der Waals surface area contributed by atoms with Gasteiger partial charge < -0.3 is 37.5 Å². The molecule has 2 aromatic heterocycles. The van der Waals surface area contributed by atoms with Gasteiger partial charge in [-0.15, -0.1) is 6.58 Å². The number of anilines is 1. The Kier molecular flexibility index (Phi) is 12.0. The van der Waals surface area contributed by atoms with Gasteiger partial charge in [0.2, 0.25) is 5.28 Å². The Balaban J connectivity index is 1.51. The third-order valence-corrected chi connectivity index (χ3v) is 11.5. The Hall–Kier alpha value is -2.20. The van der Waals surface area contributed by atoms with Gasteiger partial charge in [-0.25, -0.2) is 9.48 Å². The van der Waals surface area contributed by atoms with Crippen LogP contribution in [0, 0.1) is 0 Å². The smallest absolute Gasteiger partial charge is 0.416 e. The van der Waals surface area contributed by atoms with Crippen LogP contribution >= 0.6 is 19.2 Å². The molecule has 5 rings (SSSR count). The van der Waals surface area contributed by atoms with Gasteiger partial charge in [-0.05, 0) is 72.9 Å². The quantitative estimate of drug-likeness (QED) is 0.107. The Morgan fingerprint density at radius 1 is 1.16 bits per heavy atom. The first-order chi connectivity index (χ1) is 23.6. The number of nitrogens with zero attached hydrogens (tertiary/aromatic N) is 5. The van der Waals surface area contributed by atoms with Gasteiger partial charge in [-0.1, -0.05) is 18.9 Å². The van der Waals surface area contributed by atoms with Crippen molar-refractivity contribution >= 4 is 42.1 Å². The van der Waals surface area contributed by atoms with Gasteiger partial charge in [-0.3, -0.25) is 9.46 Å². The number of ether oxygens (including phenoxy) is 6. The van der Waals surface area contributed by atoms with Crippen molar-refractivity contribution in [2.45, 2.75) is 128 Å². The molecule has 15 nitrogen and oxygen atoms in total. The number of methoxy groups -OCH3 is 1. The third-order valence-electron chi connectivity index (χ3n) is 8.73. The molecule has 17 heteroatoms. The summed E-state index contributed by atoms with van der Waals surface area (Å²) in [5, 5.41) is 3.58. The van der Waals surface area contributed by atoms with Gasteiger partial charge in [0.1, 0.15) is 23.9 Å². The first-order valence-electron chi connectivity index (χ1n) is 17.2. The Morgan fingerprint density at radius 3 is 2.42 bits per heavy atom. The van der Waals surface area contributed by atoms with Gasteiger partial charge in [0.05, 0.1) is 38.0 Å². The highest BCUT2D eigenvalue weighted by atomic mass is 35.5. The Bertz CT molecular complexity index is 1550. The summed E-state index contributed by atoms with van der Waals surface area (Å²) in [6.45, 7) is 16.5. The predicted octanol–water partition coefficient (Wildman–Crippen LogP) is 6.78. The van der Waals surface area contributed by atoms with Crippen molar-refractivity contribution in [1.82, 2.24) is 19.7 Å². The van der Waals surface area contributed by atoms with Gasteiger partial charge in [0, 0.05) is 19.6 Å². The molecule has 0 spiro atoms. The van der Waals surface area contributed by atoms with Crippen molar-refractivity contribution in [2.75, 3.05) is 38.4 Å². The van der Waals surface area contributed by atoms with Crippen molar-refractivity contribution in [3.05, 3.63) is 24.1 Å². The van der Waals surface area contributed by atoms with E-state index in [4.69, 9.17) is 49.1 Å². The molecule has 5 atom stereocenters. The fourth-order valence-corrected chi connectivity index (χ4v) is 9.11. The highest BCUT2D eigenvalue weighted by molar-refractivity contribution is 7.55. The van der Waals surface area contributed by atoms with E-state index in [2.05, 4.69) is 21.6 Å². The molecule has 50 heavy (non-hydrogen) atoms. The normalized spacial score (nSPS) is 25.1. The van der Waals surface area contributed by atoms with Crippen LogP contribution in [0.5, 0.6) is 0 Å². The zero-order valence-electron chi connectivity index (χ0n) is 30.3. The second-order valence-corrected chi connectivity index (χ2v) is 16.7. The van der Waals surface area contributed by atoms with Crippen LogP contribution in [0.2, 0.25) is 5.28 Å². The minimum absolute atomic E-state index is 0.0736. The summed E-state index contributed by atoms with van der Waals surface area (Å²) in [5.74, 6) is -0.662. The fraction of sp³-hybridized carbons (Fsp3) is 0.758. The van der Waals surface area contributed by atoms with E-state index in [1.807, 2.05) is 34.6 Å². The molecular formula is C33H51ClN5O10P. The lowest BCUT2D eigenvalue weighted by Crippen LogP contribution is -2.43. The van der Waals surface area contributed by atoms with Crippen molar-refractivity contribution in [3.63, 3.8) is 0 Å². The minimum atomic E-state index is -3.89. The molecule has 1 unspecified atom stereocenters. The summed E-state index contributed by atoms with van der Waals surface area (Å²) >= 11 is 6.56. The molecule has 3 fully saturated rings. The van der Waals surface area contributed by atoms with Gasteiger partial charge in [0.15, 0.2) is 28.8 Å². The van der Waals surface area contributed by atoms with E-state index < -0.39 is 55.0 Å². The molecule has 0 bridgehead atoms. The number of rotatable bonds is 15. The highest BCUT2D eigenvalue weighted by Crippen LogP contribution is 2.62. The number of halogens is 1. The number of hydrogen-bond acceptors (Lipinski definition) is 13. The maximum absolute atomic E-state index is 14.2. The maximum Gasteiger partial charge on any atom is 0.416 e. The lowest BCUT2D eigenvalue weighted by molar-refractivity contribution is -0.207. The molecule has 1 amide bonds. The summed E-state index contributed by atoms with van der Waals surface area (Å²) < 4.78 is 64.4. The van der Waals surface area contributed by atoms with E-state index in [-0.39, 0.29) is 44.2 Å². The molecule has 2 saturated heterocycles. The van der Waals surface area contributed by atoms with Crippen molar-refractivity contribution < 1.29 is 46.8 Å². The van der Waals surface area contributed by atoms with Crippen LogP contribution in [0.15, 0.2) is 18.9 Å².